The summed E-state index contributed by atoms with van der Waals surface area (Å²) in [6.07, 6.45) is 1.98. The molecule has 0 saturated carbocycles. The van der Waals surface area contributed by atoms with E-state index in [1.807, 2.05) is 4.90 Å². The molecule has 3 heterocycles. The molecule has 1 N–H and O–H groups in total. The Balaban J connectivity index is 1.73. The summed E-state index contributed by atoms with van der Waals surface area (Å²) in [6.45, 7) is 8.53. The van der Waals surface area contributed by atoms with E-state index in [0.29, 0.717) is 5.92 Å². The summed E-state index contributed by atoms with van der Waals surface area (Å²) >= 11 is 1.42. The van der Waals surface area contributed by atoms with Crippen LogP contribution in [0.25, 0.3) is 0 Å². The van der Waals surface area contributed by atoms with Gasteiger partial charge < -0.3 is 15.1 Å². The molecule has 7 heteroatoms. The number of hydrogen-bond donors (Lipinski definition) is 1. The minimum atomic E-state index is -0.0453. The van der Waals surface area contributed by atoms with Crippen LogP contribution < -0.4 is 10.2 Å². The highest BCUT2D eigenvalue weighted by molar-refractivity contribution is 7.09. The molecule has 3 rings (SSSR count). The van der Waals surface area contributed by atoms with Crippen LogP contribution in [0, 0.1) is 0 Å². The molecule has 116 valence electrons. The van der Waals surface area contributed by atoms with Crippen molar-refractivity contribution in [3.63, 3.8) is 0 Å². The zero-order valence-corrected chi connectivity index (χ0v) is 13.5. The predicted molar refractivity (Wildman–Crippen MR) is 83.8 cm³/mol. The number of rotatable bonds is 3. The van der Waals surface area contributed by atoms with Gasteiger partial charge in [-0.3, -0.25) is 4.79 Å². The van der Waals surface area contributed by atoms with Crippen molar-refractivity contribution in [2.75, 3.05) is 37.6 Å². The monoisotopic (exact) mass is 309 g/mol. The van der Waals surface area contributed by atoms with Crippen molar-refractivity contribution in [2.45, 2.75) is 38.6 Å². The van der Waals surface area contributed by atoms with Crippen LogP contribution in [0.3, 0.4) is 0 Å². The van der Waals surface area contributed by atoms with Gasteiger partial charge in [0.2, 0.25) is 11.0 Å². The molecule has 1 aromatic rings. The SMILES string of the molecule is CC(C)c1nsc(N2CCCC2C(=O)N2CCNCC2)n1. The smallest absolute Gasteiger partial charge is 0.245 e. The highest BCUT2D eigenvalue weighted by Crippen LogP contribution is 2.29. The highest BCUT2D eigenvalue weighted by Gasteiger charge is 2.35. The van der Waals surface area contributed by atoms with Crippen molar-refractivity contribution in [1.29, 1.82) is 0 Å². The van der Waals surface area contributed by atoms with Crippen LogP contribution in [0.15, 0.2) is 0 Å². The second-order valence-electron chi connectivity index (χ2n) is 6.02. The van der Waals surface area contributed by atoms with E-state index in [0.717, 1.165) is 56.5 Å². The molecule has 0 aliphatic carbocycles. The molecule has 2 aliphatic heterocycles. The maximum Gasteiger partial charge on any atom is 0.245 e. The van der Waals surface area contributed by atoms with Crippen molar-refractivity contribution in [1.82, 2.24) is 19.6 Å². The molecular weight excluding hydrogens is 286 g/mol. The van der Waals surface area contributed by atoms with Crippen LogP contribution in [0.2, 0.25) is 0 Å². The van der Waals surface area contributed by atoms with Crippen molar-refractivity contribution in [2.24, 2.45) is 0 Å². The third-order valence-electron chi connectivity index (χ3n) is 4.16. The first-order chi connectivity index (χ1) is 10.2. The van der Waals surface area contributed by atoms with Crippen molar-refractivity contribution >= 4 is 22.6 Å². The maximum atomic E-state index is 12.7. The van der Waals surface area contributed by atoms with Gasteiger partial charge in [-0.05, 0) is 12.8 Å². The van der Waals surface area contributed by atoms with Gasteiger partial charge in [0.05, 0.1) is 0 Å². The first-order valence-corrected chi connectivity index (χ1v) is 8.54. The number of hydrogen-bond acceptors (Lipinski definition) is 6. The first kappa shape index (κ1) is 14.7. The average Bonchev–Trinajstić information content (AvgIpc) is 3.16. The number of nitrogens with one attached hydrogen (secondary N) is 1. The predicted octanol–water partition coefficient (Wildman–Crippen LogP) is 1.06. The largest absolute Gasteiger partial charge is 0.338 e. The number of aromatic nitrogens is 2. The zero-order chi connectivity index (χ0) is 14.8. The fourth-order valence-corrected chi connectivity index (χ4v) is 3.81. The van der Waals surface area contributed by atoms with E-state index < -0.39 is 0 Å². The lowest BCUT2D eigenvalue weighted by atomic mass is 10.2. The summed E-state index contributed by atoms with van der Waals surface area (Å²) in [6, 6.07) is -0.0453. The molecule has 1 unspecified atom stereocenters. The number of nitrogens with zero attached hydrogens (tertiary/aromatic N) is 4. The third kappa shape index (κ3) is 3.03. The molecule has 2 saturated heterocycles. The first-order valence-electron chi connectivity index (χ1n) is 7.76. The molecule has 6 nitrogen and oxygen atoms in total. The van der Waals surface area contributed by atoms with E-state index in [4.69, 9.17) is 0 Å². The Morgan fingerprint density at radius 2 is 2.10 bits per heavy atom. The Kier molecular flexibility index (Phi) is 4.40. The van der Waals surface area contributed by atoms with Gasteiger partial charge in [0.25, 0.3) is 0 Å². The Labute approximate surface area is 129 Å². The lowest BCUT2D eigenvalue weighted by molar-refractivity contribution is -0.132. The van der Waals surface area contributed by atoms with Gasteiger partial charge in [-0.2, -0.15) is 4.37 Å². The number of carbonyl (C=O) groups is 1. The van der Waals surface area contributed by atoms with Crippen molar-refractivity contribution in [3.8, 4) is 0 Å². The summed E-state index contributed by atoms with van der Waals surface area (Å²) in [5, 5.41) is 4.20. The zero-order valence-electron chi connectivity index (χ0n) is 12.7. The van der Waals surface area contributed by atoms with E-state index in [9.17, 15) is 4.79 Å². The van der Waals surface area contributed by atoms with Crippen LogP contribution in [-0.2, 0) is 4.79 Å². The van der Waals surface area contributed by atoms with Gasteiger partial charge in [-0.15, -0.1) is 0 Å². The average molecular weight is 309 g/mol. The Morgan fingerprint density at radius 3 is 2.76 bits per heavy atom. The summed E-state index contributed by atoms with van der Waals surface area (Å²) in [5.74, 6) is 1.48. The normalized spacial score (nSPS) is 23.1. The van der Waals surface area contributed by atoms with Gasteiger partial charge in [-0.1, -0.05) is 13.8 Å². The minimum absolute atomic E-state index is 0.0453. The number of anilines is 1. The lowest BCUT2D eigenvalue weighted by Gasteiger charge is -2.32. The van der Waals surface area contributed by atoms with Crippen LogP contribution in [0.5, 0.6) is 0 Å². The summed E-state index contributed by atoms with van der Waals surface area (Å²) in [4.78, 5) is 21.5. The second-order valence-corrected chi connectivity index (χ2v) is 6.75. The molecule has 1 amide bonds. The van der Waals surface area contributed by atoms with Gasteiger partial charge >= 0.3 is 0 Å². The van der Waals surface area contributed by atoms with E-state index >= 15 is 0 Å². The fourth-order valence-electron chi connectivity index (χ4n) is 2.93. The van der Waals surface area contributed by atoms with Gasteiger partial charge in [0, 0.05) is 50.2 Å². The molecule has 0 bridgehead atoms. The summed E-state index contributed by atoms with van der Waals surface area (Å²) in [7, 11) is 0. The van der Waals surface area contributed by atoms with Gasteiger partial charge in [0.15, 0.2) is 0 Å². The molecule has 1 atom stereocenters. The van der Waals surface area contributed by atoms with Gasteiger partial charge in [-0.25, -0.2) is 4.98 Å². The van der Waals surface area contributed by atoms with Crippen molar-refractivity contribution in [3.05, 3.63) is 5.82 Å². The minimum Gasteiger partial charge on any atom is -0.338 e. The van der Waals surface area contributed by atoms with E-state index in [2.05, 4.69) is 33.4 Å². The quantitative estimate of drug-likeness (QED) is 0.905. The molecule has 0 radical (unpaired) electrons. The number of amides is 1. The molecule has 0 spiro atoms. The molecule has 2 fully saturated rings. The van der Waals surface area contributed by atoms with E-state index in [1.165, 1.54) is 11.5 Å². The molecule has 0 aromatic carbocycles. The standard InChI is InChI=1S/C14H23N5OS/c1-10(2)12-16-14(21-17-12)19-7-3-4-11(19)13(20)18-8-5-15-6-9-18/h10-11,15H,3-9H2,1-2H3. The number of piperazine rings is 1. The maximum absolute atomic E-state index is 12.7. The van der Waals surface area contributed by atoms with E-state index in [1.54, 1.807) is 0 Å². The van der Waals surface area contributed by atoms with Gasteiger partial charge in [0.1, 0.15) is 11.9 Å². The topological polar surface area (TPSA) is 61.4 Å². The highest BCUT2D eigenvalue weighted by atomic mass is 32.1. The van der Waals surface area contributed by atoms with Crippen LogP contribution in [0.1, 0.15) is 38.4 Å². The van der Waals surface area contributed by atoms with Crippen molar-refractivity contribution < 1.29 is 4.79 Å². The molecule has 1 aromatic heterocycles. The molecule has 2 aliphatic rings. The fraction of sp³-hybridized carbons (Fsp3) is 0.786. The Morgan fingerprint density at radius 1 is 1.33 bits per heavy atom. The lowest BCUT2D eigenvalue weighted by Crippen LogP contribution is -2.52. The second kappa shape index (κ2) is 6.27. The Bertz CT molecular complexity index is 497. The third-order valence-corrected chi connectivity index (χ3v) is 4.93. The summed E-state index contributed by atoms with van der Waals surface area (Å²) < 4.78 is 4.42. The van der Waals surface area contributed by atoms with Crippen LogP contribution >= 0.6 is 11.5 Å². The Hall–Kier alpha value is -1.21. The van der Waals surface area contributed by atoms with Crippen LogP contribution in [-0.4, -0.2) is 58.9 Å². The number of carbonyl (C=O) groups excluding carboxylic acids is 1. The molecular formula is C14H23N5OS. The molecule has 21 heavy (non-hydrogen) atoms. The van der Waals surface area contributed by atoms with Crippen LogP contribution in [0.4, 0.5) is 5.13 Å². The summed E-state index contributed by atoms with van der Waals surface area (Å²) in [5.41, 5.74) is 0. The van der Waals surface area contributed by atoms with E-state index in [-0.39, 0.29) is 11.9 Å².